The van der Waals surface area contributed by atoms with Crippen molar-refractivity contribution in [2.24, 2.45) is 0 Å². The topological polar surface area (TPSA) is 35.2 Å². The minimum absolute atomic E-state index is 0.102. The lowest BCUT2D eigenvalue weighted by Crippen LogP contribution is -2.06. The summed E-state index contributed by atoms with van der Waals surface area (Å²) in [5.74, 6) is 0.455. The van der Waals surface area contributed by atoms with Gasteiger partial charge in [0, 0.05) is 0 Å². The maximum absolute atomic E-state index is 12.5. The molecule has 2 nitrogen and oxygen atoms in total. The first-order valence-electron chi connectivity index (χ1n) is 5.27. The Bertz CT molecular complexity index is 599. The molecule has 0 aliphatic rings. The summed E-state index contributed by atoms with van der Waals surface area (Å²) in [5, 5.41) is 0.349. The largest absolute Gasteiger partial charge is 0.454 e. The van der Waals surface area contributed by atoms with Crippen LogP contribution in [0.25, 0.3) is 0 Å². The van der Waals surface area contributed by atoms with E-state index in [1.165, 1.54) is 6.07 Å². The summed E-state index contributed by atoms with van der Waals surface area (Å²) in [6.07, 6.45) is -4.43. The third kappa shape index (κ3) is 3.12. The molecule has 0 saturated heterocycles. The first-order valence-corrected chi connectivity index (χ1v) is 5.65. The van der Waals surface area contributed by atoms with Crippen LogP contribution in [0.5, 0.6) is 11.5 Å². The van der Waals surface area contributed by atoms with E-state index in [-0.39, 0.29) is 11.4 Å². The van der Waals surface area contributed by atoms with Crippen LogP contribution in [0.4, 0.5) is 18.9 Å². The predicted molar refractivity (Wildman–Crippen MR) is 67.4 cm³/mol. The van der Waals surface area contributed by atoms with Crippen LogP contribution in [-0.2, 0) is 6.18 Å². The molecule has 2 aromatic rings. The number of hydrogen-bond acceptors (Lipinski definition) is 2. The molecule has 0 aromatic heterocycles. The molecule has 2 aromatic carbocycles. The van der Waals surface area contributed by atoms with E-state index in [2.05, 4.69) is 0 Å². The van der Waals surface area contributed by atoms with Crippen LogP contribution in [-0.4, -0.2) is 0 Å². The van der Waals surface area contributed by atoms with Crippen LogP contribution in [0, 0.1) is 0 Å². The van der Waals surface area contributed by atoms with Crippen molar-refractivity contribution in [3.63, 3.8) is 0 Å². The molecular formula is C13H9ClF3NO. The number of alkyl halides is 3. The number of hydrogen-bond donors (Lipinski definition) is 1. The molecular weight excluding hydrogens is 279 g/mol. The number of nitrogen functional groups attached to an aromatic ring is 1. The minimum Gasteiger partial charge on any atom is -0.454 e. The van der Waals surface area contributed by atoms with Crippen LogP contribution in [0.1, 0.15) is 5.56 Å². The van der Waals surface area contributed by atoms with Gasteiger partial charge in [-0.1, -0.05) is 23.7 Å². The molecule has 0 heterocycles. The summed E-state index contributed by atoms with van der Waals surface area (Å²) in [6, 6.07) is 9.51. The Labute approximate surface area is 112 Å². The van der Waals surface area contributed by atoms with Crippen molar-refractivity contribution in [3.05, 3.63) is 53.1 Å². The number of nitrogens with two attached hydrogens (primary N) is 1. The van der Waals surface area contributed by atoms with Gasteiger partial charge < -0.3 is 10.5 Å². The minimum atomic E-state index is -4.43. The Morgan fingerprint density at radius 2 is 1.68 bits per heavy atom. The van der Waals surface area contributed by atoms with Crippen molar-refractivity contribution >= 4 is 17.3 Å². The van der Waals surface area contributed by atoms with E-state index in [1.807, 2.05) is 0 Å². The van der Waals surface area contributed by atoms with E-state index >= 15 is 0 Å². The van der Waals surface area contributed by atoms with E-state index < -0.39 is 11.7 Å². The zero-order chi connectivity index (χ0) is 14.0. The average Bonchev–Trinajstić information content (AvgIpc) is 2.33. The predicted octanol–water partition coefficient (Wildman–Crippen LogP) is 4.73. The Balaban J connectivity index is 2.30. The Hall–Kier alpha value is -1.88. The lowest BCUT2D eigenvalue weighted by atomic mass is 10.2. The molecule has 0 amide bonds. The van der Waals surface area contributed by atoms with Crippen LogP contribution in [0.15, 0.2) is 42.5 Å². The molecule has 0 aliphatic carbocycles. The van der Waals surface area contributed by atoms with Gasteiger partial charge in [-0.25, -0.2) is 0 Å². The number of para-hydroxylation sites is 1. The van der Waals surface area contributed by atoms with Crippen LogP contribution < -0.4 is 10.5 Å². The third-order valence-corrected chi connectivity index (χ3v) is 2.71. The normalized spacial score (nSPS) is 11.4. The molecule has 100 valence electrons. The van der Waals surface area contributed by atoms with Crippen LogP contribution in [0.2, 0.25) is 5.02 Å². The van der Waals surface area contributed by atoms with Gasteiger partial charge in [-0.3, -0.25) is 0 Å². The molecule has 2 N–H and O–H groups in total. The van der Waals surface area contributed by atoms with E-state index in [0.29, 0.717) is 10.8 Å². The van der Waals surface area contributed by atoms with Gasteiger partial charge in [0.25, 0.3) is 0 Å². The molecule has 0 unspecified atom stereocenters. The second kappa shape index (κ2) is 5.01. The molecule has 6 heteroatoms. The van der Waals surface area contributed by atoms with E-state index in [9.17, 15) is 13.2 Å². The standard InChI is InChI=1S/C13H9ClF3NO/c14-9-3-1-2-4-11(9)19-12-6-5-8(7-10(12)18)13(15,16)17/h1-7H,18H2. The molecule has 2 rings (SSSR count). The second-order valence-corrected chi connectivity index (χ2v) is 4.19. The van der Waals surface area contributed by atoms with Crippen molar-refractivity contribution in [2.45, 2.75) is 6.18 Å². The van der Waals surface area contributed by atoms with Gasteiger partial charge in [-0.05, 0) is 30.3 Å². The number of anilines is 1. The van der Waals surface area contributed by atoms with Gasteiger partial charge in [0.2, 0.25) is 0 Å². The molecule has 19 heavy (non-hydrogen) atoms. The second-order valence-electron chi connectivity index (χ2n) is 3.78. The molecule has 0 atom stereocenters. The Kier molecular flexibility index (Phi) is 3.57. The van der Waals surface area contributed by atoms with E-state index in [0.717, 1.165) is 12.1 Å². The van der Waals surface area contributed by atoms with Crippen molar-refractivity contribution in [1.29, 1.82) is 0 Å². The highest BCUT2D eigenvalue weighted by Gasteiger charge is 2.31. The highest BCUT2D eigenvalue weighted by Crippen LogP contribution is 2.36. The van der Waals surface area contributed by atoms with Crippen molar-refractivity contribution in [1.82, 2.24) is 0 Å². The molecule has 0 aliphatic heterocycles. The van der Waals surface area contributed by atoms with Gasteiger partial charge in [0.05, 0.1) is 16.3 Å². The van der Waals surface area contributed by atoms with E-state index in [4.69, 9.17) is 22.1 Å². The van der Waals surface area contributed by atoms with Crippen LogP contribution >= 0.6 is 11.6 Å². The number of ether oxygens (including phenoxy) is 1. The molecule has 0 radical (unpaired) electrons. The Morgan fingerprint density at radius 1 is 1.00 bits per heavy atom. The first kappa shape index (κ1) is 13.5. The summed E-state index contributed by atoms with van der Waals surface area (Å²) in [4.78, 5) is 0. The summed E-state index contributed by atoms with van der Waals surface area (Å²) in [6.45, 7) is 0. The van der Waals surface area contributed by atoms with Gasteiger partial charge in [-0.2, -0.15) is 13.2 Å². The first-order chi connectivity index (χ1) is 8.88. The molecule has 0 fully saturated rings. The number of rotatable bonds is 2. The molecule has 0 saturated carbocycles. The maximum atomic E-state index is 12.5. The fraction of sp³-hybridized carbons (Fsp3) is 0.0769. The van der Waals surface area contributed by atoms with E-state index in [1.54, 1.807) is 24.3 Å². The van der Waals surface area contributed by atoms with Gasteiger partial charge in [-0.15, -0.1) is 0 Å². The van der Waals surface area contributed by atoms with Gasteiger partial charge in [0.1, 0.15) is 11.5 Å². The zero-order valence-electron chi connectivity index (χ0n) is 9.54. The lowest BCUT2D eigenvalue weighted by Gasteiger charge is -2.12. The summed E-state index contributed by atoms with van der Waals surface area (Å²) < 4.78 is 42.8. The average molecular weight is 288 g/mol. The summed E-state index contributed by atoms with van der Waals surface area (Å²) in [5.41, 5.74) is 4.62. The zero-order valence-corrected chi connectivity index (χ0v) is 10.3. The fourth-order valence-electron chi connectivity index (χ4n) is 1.46. The molecule has 0 bridgehead atoms. The van der Waals surface area contributed by atoms with Gasteiger partial charge >= 0.3 is 6.18 Å². The SMILES string of the molecule is Nc1cc(C(F)(F)F)ccc1Oc1ccccc1Cl. The smallest absolute Gasteiger partial charge is 0.416 e. The lowest BCUT2D eigenvalue weighted by molar-refractivity contribution is -0.137. The quantitative estimate of drug-likeness (QED) is 0.810. The maximum Gasteiger partial charge on any atom is 0.416 e. The monoisotopic (exact) mass is 287 g/mol. The van der Waals surface area contributed by atoms with Crippen molar-refractivity contribution < 1.29 is 17.9 Å². The number of benzene rings is 2. The number of halogens is 4. The van der Waals surface area contributed by atoms with Crippen molar-refractivity contribution in [2.75, 3.05) is 5.73 Å². The highest BCUT2D eigenvalue weighted by molar-refractivity contribution is 6.32. The molecule has 0 spiro atoms. The fourth-order valence-corrected chi connectivity index (χ4v) is 1.64. The third-order valence-electron chi connectivity index (χ3n) is 2.39. The van der Waals surface area contributed by atoms with Gasteiger partial charge in [0.15, 0.2) is 0 Å². The summed E-state index contributed by atoms with van der Waals surface area (Å²) in [7, 11) is 0. The van der Waals surface area contributed by atoms with Crippen LogP contribution in [0.3, 0.4) is 0 Å². The Morgan fingerprint density at radius 3 is 2.26 bits per heavy atom. The summed E-state index contributed by atoms with van der Waals surface area (Å²) >= 11 is 5.88. The van der Waals surface area contributed by atoms with Crippen molar-refractivity contribution in [3.8, 4) is 11.5 Å². The highest BCUT2D eigenvalue weighted by atomic mass is 35.5.